The summed E-state index contributed by atoms with van der Waals surface area (Å²) in [5.41, 5.74) is 0.737. The summed E-state index contributed by atoms with van der Waals surface area (Å²) >= 11 is 1.53. The number of amides is 2. The van der Waals surface area contributed by atoms with Gasteiger partial charge in [-0.05, 0) is 56.8 Å². The van der Waals surface area contributed by atoms with Crippen LogP contribution < -0.4 is 10.6 Å². The minimum Gasteiger partial charge on any atom is -0.459 e. The Morgan fingerprint density at radius 3 is 2.41 bits per heavy atom. The third-order valence-electron chi connectivity index (χ3n) is 3.17. The van der Waals surface area contributed by atoms with Crippen LogP contribution in [0.15, 0.2) is 35.7 Å². The van der Waals surface area contributed by atoms with Crippen molar-refractivity contribution in [2.24, 2.45) is 0 Å². The first-order valence-electron chi connectivity index (χ1n) is 8.35. The highest BCUT2D eigenvalue weighted by atomic mass is 32.1. The summed E-state index contributed by atoms with van der Waals surface area (Å²) in [6.07, 6.45) is -0.669. The zero-order chi connectivity index (χ0) is 20.0. The molecule has 0 fully saturated rings. The number of hydrogen-bond donors (Lipinski definition) is 2. The van der Waals surface area contributed by atoms with Gasteiger partial charge < -0.3 is 14.8 Å². The molecule has 8 heteroatoms. The van der Waals surface area contributed by atoms with Gasteiger partial charge in [-0.15, -0.1) is 11.3 Å². The van der Waals surface area contributed by atoms with Crippen molar-refractivity contribution in [3.05, 3.63) is 35.7 Å². The molecule has 0 unspecified atom stereocenters. The lowest BCUT2D eigenvalue weighted by Gasteiger charge is -2.20. The first-order valence-corrected chi connectivity index (χ1v) is 9.23. The summed E-state index contributed by atoms with van der Waals surface area (Å²) in [4.78, 5) is 36.7. The summed E-state index contributed by atoms with van der Waals surface area (Å²) in [7, 11) is 0. The lowest BCUT2D eigenvalue weighted by atomic mass is 10.1. The van der Waals surface area contributed by atoms with Gasteiger partial charge in [-0.25, -0.2) is 9.59 Å². The summed E-state index contributed by atoms with van der Waals surface area (Å²) in [5, 5.41) is 7.01. The van der Waals surface area contributed by atoms with E-state index in [0.717, 1.165) is 10.4 Å². The van der Waals surface area contributed by atoms with E-state index in [9.17, 15) is 14.4 Å². The molecule has 0 saturated heterocycles. The number of rotatable bonds is 4. The van der Waals surface area contributed by atoms with E-state index in [1.54, 1.807) is 45.9 Å². The molecule has 1 aromatic carbocycles. The molecule has 27 heavy (non-hydrogen) atoms. The molecule has 0 bridgehead atoms. The van der Waals surface area contributed by atoms with Crippen molar-refractivity contribution in [1.29, 1.82) is 0 Å². The number of benzene rings is 1. The molecule has 2 rings (SSSR count). The summed E-state index contributed by atoms with van der Waals surface area (Å²) in [6, 6.07) is 8.95. The van der Waals surface area contributed by atoms with Crippen LogP contribution in [0.2, 0.25) is 0 Å². The van der Waals surface area contributed by atoms with Crippen LogP contribution in [0, 0.1) is 0 Å². The number of carbonyl (C=O) groups is 3. The van der Waals surface area contributed by atoms with Crippen LogP contribution in [-0.2, 0) is 19.1 Å². The molecule has 0 atom stereocenters. The normalized spacial score (nSPS) is 10.8. The first kappa shape index (κ1) is 20.4. The van der Waals surface area contributed by atoms with Crippen LogP contribution >= 0.6 is 11.3 Å². The van der Waals surface area contributed by atoms with Gasteiger partial charge in [0.05, 0.1) is 18.0 Å². The van der Waals surface area contributed by atoms with E-state index in [1.165, 1.54) is 11.3 Å². The molecular weight excluding hydrogens is 368 g/mol. The SMILES string of the molecule is CCOC(=O)C(=O)Nc1cc(-c2cccs2)ccc1NC(=O)OC(C)(C)C. The minimum atomic E-state index is -0.998. The smallest absolute Gasteiger partial charge is 0.412 e. The third kappa shape index (κ3) is 6.10. The monoisotopic (exact) mass is 390 g/mol. The standard InChI is InChI=1S/C19H22N2O5S/c1-5-25-17(23)16(22)20-14-11-12(15-7-6-10-27-15)8-9-13(14)21-18(24)26-19(2,3)4/h6-11H,5H2,1-4H3,(H,20,22)(H,21,24). The molecule has 0 aliphatic rings. The predicted octanol–water partition coefficient (Wildman–Crippen LogP) is 4.26. The van der Waals surface area contributed by atoms with Crippen LogP contribution in [0.4, 0.5) is 16.2 Å². The Morgan fingerprint density at radius 1 is 1.07 bits per heavy atom. The molecule has 1 heterocycles. The van der Waals surface area contributed by atoms with Crippen molar-refractivity contribution in [3.63, 3.8) is 0 Å². The number of hydrogen-bond acceptors (Lipinski definition) is 6. The van der Waals surface area contributed by atoms with Crippen molar-refractivity contribution in [3.8, 4) is 10.4 Å². The van der Waals surface area contributed by atoms with Gasteiger partial charge in [-0.1, -0.05) is 12.1 Å². The Hall–Kier alpha value is -2.87. The van der Waals surface area contributed by atoms with Crippen LogP contribution in [0.25, 0.3) is 10.4 Å². The first-order chi connectivity index (χ1) is 12.7. The lowest BCUT2D eigenvalue weighted by molar-refractivity contribution is -0.152. The highest BCUT2D eigenvalue weighted by molar-refractivity contribution is 7.13. The van der Waals surface area contributed by atoms with Crippen molar-refractivity contribution in [2.45, 2.75) is 33.3 Å². The van der Waals surface area contributed by atoms with E-state index in [-0.39, 0.29) is 12.3 Å². The zero-order valence-electron chi connectivity index (χ0n) is 15.6. The third-order valence-corrected chi connectivity index (χ3v) is 4.09. The van der Waals surface area contributed by atoms with E-state index in [4.69, 9.17) is 9.47 Å². The van der Waals surface area contributed by atoms with Gasteiger partial charge in [0.2, 0.25) is 0 Å². The Bertz CT molecular complexity index is 825. The Kier molecular flexibility index (Phi) is 6.57. The van der Waals surface area contributed by atoms with Gasteiger partial charge in [0.15, 0.2) is 0 Å². The quantitative estimate of drug-likeness (QED) is 0.601. The molecule has 0 aliphatic carbocycles. The maximum Gasteiger partial charge on any atom is 0.412 e. The van der Waals surface area contributed by atoms with Gasteiger partial charge in [-0.2, -0.15) is 0 Å². The second-order valence-corrected chi connectivity index (χ2v) is 7.49. The van der Waals surface area contributed by atoms with Crippen molar-refractivity contribution in [2.75, 3.05) is 17.2 Å². The fraction of sp³-hybridized carbons (Fsp3) is 0.316. The number of esters is 1. The van der Waals surface area contributed by atoms with E-state index in [0.29, 0.717) is 5.69 Å². The number of ether oxygens (including phenoxy) is 2. The summed E-state index contributed by atoms with van der Waals surface area (Å²) in [5.74, 6) is -1.92. The second kappa shape index (κ2) is 8.68. The predicted molar refractivity (Wildman–Crippen MR) is 105 cm³/mol. The molecule has 7 nitrogen and oxygen atoms in total. The molecule has 0 saturated carbocycles. The fourth-order valence-electron chi connectivity index (χ4n) is 2.14. The van der Waals surface area contributed by atoms with Crippen molar-refractivity contribution in [1.82, 2.24) is 0 Å². The average Bonchev–Trinajstić information content (AvgIpc) is 3.09. The number of thiophene rings is 1. The van der Waals surface area contributed by atoms with E-state index in [2.05, 4.69) is 10.6 Å². The number of nitrogens with one attached hydrogen (secondary N) is 2. The van der Waals surface area contributed by atoms with Crippen LogP contribution in [0.3, 0.4) is 0 Å². The average molecular weight is 390 g/mol. The molecule has 2 aromatic rings. The zero-order valence-corrected chi connectivity index (χ0v) is 16.4. The maximum atomic E-state index is 12.1. The lowest BCUT2D eigenvalue weighted by Crippen LogP contribution is -2.28. The highest BCUT2D eigenvalue weighted by Crippen LogP contribution is 2.32. The molecule has 0 spiro atoms. The molecule has 2 N–H and O–H groups in total. The largest absolute Gasteiger partial charge is 0.459 e. The Labute approximate surface area is 161 Å². The molecule has 0 radical (unpaired) electrons. The van der Waals surface area contributed by atoms with Crippen LogP contribution in [0.5, 0.6) is 0 Å². The van der Waals surface area contributed by atoms with Gasteiger partial charge in [-0.3, -0.25) is 10.1 Å². The number of anilines is 2. The highest BCUT2D eigenvalue weighted by Gasteiger charge is 2.20. The Morgan fingerprint density at radius 2 is 1.81 bits per heavy atom. The second-order valence-electron chi connectivity index (χ2n) is 6.54. The van der Waals surface area contributed by atoms with Crippen molar-refractivity contribution >= 4 is 40.7 Å². The molecular formula is C19H22N2O5S. The molecule has 0 aliphatic heterocycles. The molecule has 1 aromatic heterocycles. The van der Waals surface area contributed by atoms with Crippen LogP contribution in [-0.4, -0.2) is 30.2 Å². The van der Waals surface area contributed by atoms with Crippen LogP contribution in [0.1, 0.15) is 27.7 Å². The minimum absolute atomic E-state index is 0.0878. The summed E-state index contributed by atoms with van der Waals surface area (Å²) in [6.45, 7) is 6.93. The van der Waals surface area contributed by atoms with E-state index < -0.39 is 23.6 Å². The van der Waals surface area contributed by atoms with Gasteiger partial charge in [0.25, 0.3) is 0 Å². The van der Waals surface area contributed by atoms with E-state index in [1.807, 2.05) is 17.5 Å². The summed E-state index contributed by atoms with van der Waals surface area (Å²) < 4.78 is 9.94. The Balaban J connectivity index is 2.30. The number of carbonyl (C=O) groups excluding carboxylic acids is 3. The fourth-order valence-corrected chi connectivity index (χ4v) is 2.86. The maximum absolute atomic E-state index is 12.1. The molecule has 2 amide bonds. The molecule has 144 valence electrons. The van der Waals surface area contributed by atoms with E-state index >= 15 is 0 Å². The topological polar surface area (TPSA) is 93.7 Å². The van der Waals surface area contributed by atoms with Gasteiger partial charge >= 0.3 is 18.0 Å². The van der Waals surface area contributed by atoms with Crippen molar-refractivity contribution < 1.29 is 23.9 Å². The van der Waals surface area contributed by atoms with Gasteiger partial charge in [0, 0.05) is 4.88 Å². The van der Waals surface area contributed by atoms with Gasteiger partial charge in [0.1, 0.15) is 5.60 Å².